The minimum Gasteiger partial charge on any atom is -0.492 e. The van der Waals surface area contributed by atoms with E-state index in [1.165, 1.54) is 17.7 Å². The summed E-state index contributed by atoms with van der Waals surface area (Å²) in [6.07, 6.45) is 0.477. The first-order chi connectivity index (χ1) is 12.3. The third-order valence-electron chi connectivity index (χ3n) is 3.64. The van der Waals surface area contributed by atoms with Gasteiger partial charge in [0.05, 0.1) is 4.90 Å². The van der Waals surface area contributed by atoms with Crippen LogP contribution in [0.5, 0.6) is 11.5 Å². The van der Waals surface area contributed by atoms with E-state index >= 15 is 0 Å². The Morgan fingerprint density at radius 3 is 2.19 bits per heavy atom. The number of nitrogens with one attached hydrogen (secondary N) is 1. The average Bonchev–Trinajstić information content (AvgIpc) is 2.61. The summed E-state index contributed by atoms with van der Waals surface area (Å²) < 4.78 is 33.8. The van der Waals surface area contributed by atoms with E-state index in [0.717, 1.165) is 12.0 Å². The van der Waals surface area contributed by atoms with Gasteiger partial charge in [-0.1, -0.05) is 17.7 Å². The Kier molecular flexibility index (Phi) is 7.44. The van der Waals surface area contributed by atoms with Gasteiger partial charge in [0.15, 0.2) is 9.84 Å². The van der Waals surface area contributed by atoms with Gasteiger partial charge >= 0.3 is 0 Å². The lowest BCUT2D eigenvalue weighted by atomic mass is 10.2. The molecule has 26 heavy (non-hydrogen) atoms. The zero-order valence-electron chi connectivity index (χ0n) is 15.0. The van der Waals surface area contributed by atoms with E-state index in [2.05, 4.69) is 5.32 Å². The molecule has 0 heterocycles. The molecule has 0 saturated carbocycles. The predicted molar refractivity (Wildman–Crippen MR) is 101 cm³/mol. The van der Waals surface area contributed by atoms with Gasteiger partial charge in [-0.15, -0.1) is 0 Å². The van der Waals surface area contributed by atoms with Crippen molar-refractivity contribution in [2.45, 2.75) is 17.9 Å². The number of hydrogen-bond acceptors (Lipinski definition) is 6. The van der Waals surface area contributed by atoms with Gasteiger partial charge in [0.25, 0.3) is 0 Å². The maximum atomic E-state index is 11.4. The monoisotopic (exact) mass is 379 g/mol. The van der Waals surface area contributed by atoms with Crippen LogP contribution in [-0.2, 0) is 9.84 Å². The fraction of sp³-hybridized carbons (Fsp3) is 0.368. The summed E-state index contributed by atoms with van der Waals surface area (Å²) in [6, 6.07) is 14.0. The molecule has 1 atom stereocenters. The molecule has 2 N–H and O–H groups in total. The topological polar surface area (TPSA) is 84.9 Å². The van der Waals surface area contributed by atoms with Crippen molar-refractivity contribution in [2.75, 3.05) is 32.6 Å². The van der Waals surface area contributed by atoms with Crippen LogP contribution in [-0.4, -0.2) is 52.2 Å². The average molecular weight is 379 g/mol. The molecule has 0 amide bonds. The molecule has 0 saturated heterocycles. The molecule has 2 aromatic carbocycles. The second kappa shape index (κ2) is 9.56. The van der Waals surface area contributed by atoms with Crippen LogP contribution < -0.4 is 14.8 Å². The lowest BCUT2D eigenvalue weighted by molar-refractivity contribution is 0.105. The molecule has 0 radical (unpaired) electrons. The van der Waals surface area contributed by atoms with Crippen LogP contribution in [0.4, 0.5) is 0 Å². The molecule has 0 spiro atoms. The van der Waals surface area contributed by atoms with Gasteiger partial charge in [-0.05, 0) is 43.3 Å². The van der Waals surface area contributed by atoms with E-state index in [1.807, 2.05) is 31.2 Å². The second-order valence-corrected chi connectivity index (χ2v) is 8.09. The number of aliphatic hydroxyl groups excluding tert-OH is 1. The molecular weight excluding hydrogens is 354 g/mol. The van der Waals surface area contributed by atoms with E-state index in [9.17, 15) is 13.5 Å². The Morgan fingerprint density at radius 2 is 1.58 bits per heavy atom. The zero-order valence-corrected chi connectivity index (χ0v) is 15.8. The SMILES string of the molecule is Cc1ccc(OCCNCC(O)COc2ccc(S(C)(=O)=O)cc2)cc1. The molecule has 0 fully saturated rings. The highest BCUT2D eigenvalue weighted by Gasteiger charge is 2.08. The maximum Gasteiger partial charge on any atom is 0.175 e. The lowest BCUT2D eigenvalue weighted by Crippen LogP contribution is -2.33. The van der Waals surface area contributed by atoms with Crippen molar-refractivity contribution in [2.24, 2.45) is 0 Å². The van der Waals surface area contributed by atoms with Gasteiger partial charge in [-0.25, -0.2) is 8.42 Å². The van der Waals surface area contributed by atoms with E-state index in [1.54, 1.807) is 12.1 Å². The van der Waals surface area contributed by atoms with Gasteiger partial charge in [0.1, 0.15) is 30.8 Å². The quantitative estimate of drug-likeness (QED) is 0.613. The van der Waals surface area contributed by atoms with Gasteiger partial charge in [-0.2, -0.15) is 0 Å². The lowest BCUT2D eigenvalue weighted by Gasteiger charge is -2.14. The normalized spacial score (nSPS) is 12.6. The van der Waals surface area contributed by atoms with Crippen LogP contribution >= 0.6 is 0 Å². The molecule has 7 heteroatoms. The van der Waals surface area contributed by atoms with Crippen molar-refractivity contribution in [3.63, 3.8) is 0 Å². The summed E-state index contributed by atoms with van der Waals surface area (Å²) in [5.41, 5.74) is 1.18. The standard InChI is InChI=1S/C19H25NO5S/c1-15-3-5-17(6-4-15)24-12-11-20-13-16(21)14-25-18-7-9-19(10-8-18)26(2,22)23/h3-10,16,20-21H,11-14H2,1-2H3. The van der Waals surface area contributed by atoms with Crippen LogP contribution in [0.1, 0.15) is 5.56 Å². The first kappa shape index (κ1) is 20.2. The van der Waals surface area contributed by atoms with Gasteiger partial charge in [-0.3, -0.25) is 0 Å². The van der Waals surface area contributed by atoms with Crippen molar-refractivity contribution in [1.82, 2.24) is 5.32 Å². The van der Waals surface area contributed by atoms with E-state index in [0.29, 0.717) is 25.4 Å². The van der Waals surface area contributed by atoms with Gasteiger partial charge in [0.2, 0.25) is 0 Å². The fourth-order valence-corrected chi connectivity index (χ4v) is 2.81. The van der Waals surface area contributed by atoms with E-state index in [4.69, 9.17) is 9.47 Å². The number of sulfone groups is 1. The minimum atomic E-state index is -3.22. The Morgan fingerprint density at radius 1 is 1.00 bits per heavy atom. The van der Waals surface area contributed by atoms with Gasteiger partial charge in [0, 0.05) is 19.3 Å². The number of benzene rings is 2. The number of ether oxygens (including phenoxy) is 2. The number of rotatable bonds is 10. The molecule has 0 aliphatic rings. The van der Waals surface area contributed by atoms with E-state index < -0.39 is 15.9 Å². The Bertz CT molecular complexity index is 773. The Hall–Kier alpha value is -2.09. The highest BCUT2D eigenvalue weighted by atomic mass is 32.2. The van der Waals surface area contributed by atoms with Gasteiger partial charge < -0.3 is 19.9 Å². The van der Waals surface area contributed by atoms with Crippen LogP contribution in [0.25, 0.3) is 0 Å². The summed E-state index contributed by atoms with van der Waals surface area (Å²) in [7, 11) is -3.22. The first-order valence-corrected chi connectivity index (χ1v) is 10.2. The third-order valence-corrected chi connectivity index (χ3v) is 4.77. The molecule has 0 bridgehead atoms. The predicted octanol–water partition coefficient (Wildman–Crippen LogP) is 1.81. The van der Waals surface area contributed by atoms with Crippen molar-refractivity contribution >= 4 is 9.84 Å². The highest BCUT2D eigenvalue weighted by Crippen LogP contribution is 2.16. The van der Waals surface area contributed by atoms with Crippen molar-refractivity contribution in [3.8, 4) is 11.5 Å². The second-order valence-electron chi connectivity index (χ2n) is 6.07. The summed E-state index contributed by atoms with van der Waals surface area (Å²) in [5, 5.41) is 13.0. The van der Waals surface area contributed by atoms with Crippen molar-refractivity contribution < 1.29 is 23.0 Å². The highest BCUT2D eigenvalue weighted by molar-refractivity contribution is 7.90. The first-order valence-electron chi connectivity index (χ1n) is 8.36. The fourth-order valence-electron chi connectivity index (χ4n) is 2.18. The van der Waals surface area contributed by atoms with Crippen LogP contribution in [0, 0.1) is 6.92 Å². The Balaban J connectivity index is 1.61. The smallest absolute Gasteiger partial charge is 0.175 e. The number of aliphatic hydroxyl groups is 1. The molecule has 0 aliphatic heterocycles. The minimum absolute atomic E-state index is 0.115. The largest absolute Gasteiger partial charge is 0.492 e. The molecule has 6 nitrogen and oxygen atoms in total. The third kappa shape index (κ3) is 7.03. The molecule has 0 aromatic heterocycles. The zero-order chi connectivity index (χ0) is 19.0. The summed E-state index contributed by atoms with van der Waals surface area (Å²) >= 11 is 0. The molecule has 142 valence electrons. The summed E-state index contributed by atoms with van der Waals surface area (Å²) in [5.74, 6) is 1.33. The van der Waals surface area contributed by atoms with Crippen LogP contribution in [0.2, 0.25) is 0 Å². The van der Waals surface area contributed by atoms with Crippen LogP contribution in [0.3, 0.4) is 0 Å². The molecule has 1 unspecified atom stereocenters. The molecular formula is C19H25NO5S. The molecule has 2 rings (SSSR count). The Labute approximate surface area is 154 Å². The van der Waals surface area contributed by atoms with Crippen LogP contribution in [0.15, 0.2) is 53.4 Å². The maximum absolute atomic E-state index is 11.4. The number of aryl methyl sites for hydroxylation is 1. The summed E-state index contributed by atoms with van der Waals surface area (Å²) in [4.78, 5) is 0.237. The van der Waals surface area contributed by atoms with E-state index in [-0.39, 0.29) is 11.5 Å². The summed E-state index contributed by atoms with van der Waals surface area (Å²) in [6.45, 7) is 3.62. The number of hydrogen-bond donors (Lipinski definition) is 2. The molecule has 0 aliphatic carbocycles. The van der Waals surface area contributed by atoms with Crippen molar-refractivity contribution in [1.29, 1.82) is 0 Å². The van der Waals surface area contributed by atoms with Crippen molar-refractivity contribution in [3.05, 3.63) is 54.1 Å². The molecule has 2 aromatic rings.